The Balaban J connectivity index is 1.55. The number of amides is 1. The molecule has 0 radical (unpaired) electrons. The summed E-state index contributed by atoms with van der Waals surface area (Å²) in [7, 11) is 1.08. The highest BCUT2D eigenvalue weighted by Gasteiger charge is 2.33. The molecule has 3 aromatic rings. The SMILES string of the molecule is CN(CC(F)(F)F)C(=O)OC1CCCN(c2cn[nH]c3cnc4nccc4c23)C1. The number of aromatic nitrogens is 4. The van der Waals surface area contributed by atoms with Crippen LogP contribution in [-0.2, 0) is 4.74 Å². The fourth-order valence-corrected chi connectivity index (χ4v) is 3.61. The molecule has 4 rings (SSSR count). The third-order valence-electron chi connectivity index (χ3n) is 4.88. The molecule has 11 heteroatoms. The zero-order valence-electron chi connectivity index (χ0n) is 15.6. The van der Waals surface area contributed by atoms with Crippen LogP contribution in [0.4, 0.5) is 23.7 Å². The van der Waals surface area contributed by atoms with E-state index in [1.807, 2.05) is 11.0 Å². The van der Waals surface area contributed by atoms with Crippen molar-refractivity contribution in [3.05, 3.63) is 24.7 Å². The van der Waals surface area contributed by atoms with E-state index in [9.17, 15) is 18.0 Å². The number of hydrogen-bond acceptors (Lipinski definition) is 6. The average molecular weight is 408 g/mol. The third kappa shape index (κ3) is 4.03. The van der Waals surface area contributed by atoms with Gasteiger partial charge in [0.1, 0.15) is 12.6 Å². The van der Waals surface area contributed by atoms with Gasteiger partial charge in [-0.3, -0.25) is 5.10 Å². The van der Waals surface area contributed by atoms with Crippen molar-refractivity contribution in [1.82, 2.24) is 25.1 Å². The molecule has 0 aromatic carbocycles. The molecule has 1 N–H and O–H groups in total. The van der Waals surface area contributed by atoms with E-state index in [0.29, 0.717) is 30.1 Å². The van der Waals surface area contributed by atoms with Gasteiger partial charge in [0, 0.05) is 30.6 Å². The van der Waals surface area contributed by atoms with E-state index >= 15 is 0 Å². The van der Waals surface area contributed by atoms with Gasteiger partial charge in [0.05, 0.1) is 30.1 Å². The summed E-state index contributed by atoms with van der Waals surface area (Å²) in [5, 5.41) is 8.87. The van der Waals surface area contributed by atoms with Crippen molar-refractivity contribution in [2.45, 2.75) is 25.1 Å². The summed E-state index contributed by atoms with van der Waals surface area (Å²) < 4.78 is 42.8. The number of pyridine rings is 1. The zero-order chi connectivity index (χ0) is 20.6. The van der Waals surface area contributed by atoms with Crippen molar-refractivity contribution in [2.24, 2.45) is 0 Å². The van der Waals surface area contributed by atoms with Crippen molar-refractivity contribution >= 4 is 33.7 Å². The van der Waals surface area contributed by atoms with Gasteiger partial charge < -0.3 is 14.5 Å². The first-order valence-electron chi connectivity index (χ1n) is 9.12. The summed E-state index contributed by atoms with van der Waals surface area (Å²) in [6, 6.07) is 1.87. The lowest BCUT2D eigenvalue weighted by molar-refractivity contribution is -0.140. The Bertz CT molecular complexity index is 1040. The number of halogens is 3. The summed E-state index contributed by atoms with van der Waals surface area (Å²) in [6.07, 6.45) is 0.384. The second kappa shape index (κ2) is 7.37. The number of anilines is 1. The molecule has 4 heterocycles. The summed E-state index contributed by atoms with van der Waals surface area (Å²) in [5.74, 6) is 0. The first-order chi connectivity index (χ1) is 13.8. The van der Waals surface area contributed by atoms with E-state index in [-0.39, 0.29) is 0 Å². The Labute approximate surface area is 163 Å². The van der Waals surface area contributed by atoms with E-state index in [1.165, 1.54) is 0 Å². The quantitative estimate of drug-likeness (QED) is 0.717. The minimum atomic E-state index is -4.47. The number of carbonyl (C=O) groups is 1. The highest BCUT2D eigenvalue weighted by molar-refractivity contribution is 6.09. The van der Waals surface area contributed by atoms with E-state index in [4.69, 9.17) is 4.74 Å². The van der Waals surface area contributed by atoms with E-state index in [1.54, 1.807) is 18.6 Å². The van der Waals surface area contributed by atoms with Gasteiger partial charge in [-0.15, -0.1) is 0 Å². The van der Waals surface area contributed by atoms with Crippen molar-refractivity contribution in [1.29, 1.82) is 0 Å². The molecule has 8 nitrogen and oxygen atoms in total. The van der Waals surface area contributed by atoms with E-state index < -0.39 is 24.9 Å². The fourth-order valence-electron chi connectivity index (χ4n) is 3.61. The molecule has 154 valence electrons. The Morgan fingerprint density at radius 2 is 2.21 bits per heavy atom. The van der Waals surface area contributed by atoms with Crippen LogP contribution in [0.3, 0.4) is 0 Å². The molecule has 1 unspecified atom stereocenters. The molecule has 1 fully saturated rings. The number of H-pyrrole nitrogens is 1. The maximum Gasteiger partial charge on any atom is 0.410 e. The lowest BCUT2D eigenvalue weighted by Gasteiger charge is -2.35. The second-order valence-corrected chi connectivity index (χ2v) is 7.05. The average Bonchev–Trinajstić information content (AvgIpc) is 3.15. The van der Waals surface area contributed by atoms with E-state index in [0.717, 1.165) is 35.4 Å². The van der Waals surface area contributed by atoms with Crippen molar-refractivity contribution in [3.8, 4) is 0 Å². The normalized spacial score (nSPS) is 17.7. The van der Waals surface area contributed by atoms with Crippen LogP contribution in [0.2, 0.25) is 0 Å². The maximum atomic E-state index is 12.5. The molecule has 0 aliphatic carbocycles. The number of aromatic amines is 1. The Morgan fingerprint density at radius 3 is 3.00 bits per heavy atom. The van der Waals surface area contributed by atoms with Gasteiger partial charge in [0.25, 0.3) is 0 Å². The van der Waals surface area contributed by atoms with Gasteiger partial charge in [-0.1, -0.05) is 0 Å². The molecule has 1 amide bonds. The minimum Gasteiger partial charge on any atom is -0.444 e. The molecule has 1 aliphatic rings. The Morgan fingerprint density at radius 1 is 1.38 bits per heavy atom. The number of nitrogens with zero attached hydrogens (tertiary/aromatic N) is 5. The second-order valence-electron chi connectivity index (χ2n) is 7.05. The van der Waals surface area contributed by atoms with Gasteiger partial charge in [-0.25, -0.2) is 14.8 Å². The van der Waals surface area contributed by atoms with Crippen LogP contribution in [0.15, 0.2) is 24.7 Å². The molecule has 3 aromatic heterocycles. The number of hydrogen-bond donors (Lipinski definition) is 1. The van der Waals surface area contributed by atoms with Crippen LogP contribution in [0, 0.1) is 0 Å². The van der Waals surface area contributed by atoms with Crippen LogP contribution >= 0.6 is 0 Å². The number of nitrogens with one attached hydrogen (secondary N) is 1. The smallest absolute Gasteiger partial charge is 0.410 e. The molecule has 0 saturated carbocycles. The zero-order valence-corrected chi connectivity index (χ0v) is 15.6. The number of alkyl halides is 3. The lowest BCUT2D eigenvalue weighted by atomic mass is 10.1. The minimum absolute atomic E-state index is 0.365. The molecular formula is C18H19F3N6O2. The molecule has 0 spiro atoms. The largest absolute Gasteiger partial charge is 0.444 e. The molecular weight excluding hydrogens is 389 g/mol. The number of rotatable bonds is 3. The molecule has 29 heavy (non-hydrogen) atoms. The summed E-state index contributed by atoms with van der Waals surface area (Å²) >= 11 is 0. The predicted molar refractivity (Wildman–Crippen MR) is 99.6 cm³/mol. The Hall–Kier alpha value is -3.11. The van der Waals surface area contributed by atoms with Crippen molar-refractivity contribution < 1.29 is 22.7 Å². The van der Waals surface area contributed by atoms with Crippen LogP contribution in [-0.4, -0.2) is 70.1 Å². The maximum absolute atomic E-state index is 12.5. The number of piperidine rings is 1. The van der Waals surface area contributed by atoms with E-state index in [2.05, 4.69) is 20.2 Å². The van der Waals surface area contributed by atoms with Crippen molar-refractivity contribution in [3.63, 3.8) is 0 Å². The fraction of sp³-hybridized carbons (Fsp3) is 0.444. The van der Waals surface area contributed by atoms with Crippen LogP contribution < -0.4 is 4.90 Å². The predicted octanol–water partition coefficient (Wildman–Crippen LogP) is 3.11. The number of fused-ring (bicyclic) bond motifs is 3. The standard InChI is InChI=1S/C18H19F3N6O2/c1-26(10-18(19,20)21)17(28)29-11-3-2-6-27(9-11)14-8-24-25-13-7-23-16-12(15(13)14)4-5-22-16/h4-5,7-8,11,25H,2-3,6,9-10H2,1H3. The van der Waals surface area contributed by atoms with Crippen LogP contribution in [0.5, 0.6) is 0 Å². The summed E-state index contributed by atoms with van der Waals surface area (Å²) in [6.45, 7) is -0.268. The highest BCUT2D eigenvalue weighted by atomic mass is 19.4. The Kier molecular flexibility index (Phi) is 4.89. The molecule has 1 atom stereocenters. The number of ether oxygens (including phenoxy) is 1. The third-order valence-corrected chi connectivity index (χ3v) is 4.88. The number of carbonyl (C=O) groups excluding carboxylic acids is 1. The van der Waals surface area contributed by atoms with Gasteiger partial charge in [-0.05, 0) is 18.9 Å². The van der Waals surface area contributed by atoms with Gasteiger partial charge in [0.15, 0.2) is 5.65 Å². The molecule has 1 aliphatic heterocycles. The summed E-state index contributed by atoms with van der Waals surface area (Å²) in [4.78, 5) is 23.1. The monoisotopic (exact) mass is 408 g/mol. The van der Waals surface area contributed by atoms with Crippen molar-refractivity contribution in [2.75, 3.05) is 31.6 Å². The first kappa shape index (κ1) is 19.2. The van der Waals surface area contributed by atoms with Crippen LogP contribution in [0.25, 0.3) is 21.9 Å². The molecule has 1 saturated heterocycles. The van der Waals surface area contributed by atoms with Gasteiger partial charge in [0.2, 0.25) is 0 Å². The highest BCUT2D eigenvalue weighted by Crippen LogP contribution is 2.32. The topological polar surface area (TPSA) is 87.2 Å². The molecule has 0 bridgehead atoms. The van der Waals surface area contributed by atoms with Crippen LogP contribution in [0.1, 0.15) is 12.8 Å². The lowest BCUT2D eigenvalue weighted by Crippen LogP contribution is -2.44. The summed E-state index contributed by atoms with van der Waals surface area (Å²) in [5.41, 5.74) is 2.20. The first-order valence-corrected chi connectivity index (χ1v) is 9.12. The van der Waals surface area contributed by atoms with Gasteiger partial charge >= 0.3 is 12.3 Å². The van der Waals surface area contributed by atoms with Gasteiger partial charge in [-0.2, -0.15) is 18.3 Å².